The molecule has 0 fully saturated rings. The summed E-state index contributed by atoms with van der Waals surface area (Å²) in [6.07, 6.45) is 0.920. The van der Waals surface area contributed by atoms with Crippen molar-refractivity contribution in [3.63, 3.8) is 0 Å². The number of ether oxygens (including phenoxy) is 1. The molecule has 10 nitrogen and oxygen atoms in total. The van der Waals surface area contributed by atoms with Crippen LogP contribution in [0.5, 0.6) is 5.75 Å². The predicted octanol–water partition coefficient (Wildman–Crippen LogP) is 1.01. The van der Waals surface area contributed by atoms with E-state index in [-0.39, 0.29) is 35.7 Å². The zero-order chi connectivity index (χ0) is 18.1. The SMILES string of the molecule is COc1cc([N+](=O)[O-])ccc1NC(=O)/C(C#N)=C\NCCC(=O)O. The van der Waals surface area contributed by atoms with Crippen LogP contribution in [0, 0.1) is 21.4 Å². The van der Waals surface area contributed by atoms with Gasteiger partial charge < -0.3 is 20.5 Å². The minimum atomic E-state index is -1.02. The summed E-state index contributed by atoms with van der Waals surface area (Å²) >= 11 is 0. The molecular weight excluding hydrogens is 320 g/mol. The molecule has 3 N–H and O–H groups in total. The molecule has 1 rings (SSSR count). The zero-order valence-electron chi connectivity index (χ0n) is 12.6. The molecule has 0 aromatic heterocycles. The van der Waals surface area contributed by atoms with Gasteiger partial charge in [0, 0.05) is 18.8 Å². The van der Waals surface area contributed by atoms with Crippen molar-refractivity contribution in [2.24, 2.45) is 0 Å². The van der Waals surface area contributed by atoms with Gasteiger partial charge in [-0.05, 0) is 6.07 Å². The fraction of sp³-hybridized carbons (Fsp3) is 0.214. The zero-order valence-corrected chi connectivity index (χ0v) is 12.6. The maximum Gasteiger partial charge on any atom is 0.305 e. The Balaban J connectivity index is 2.85. The van der Waals surface area contributed by atoms with E-state index in [2.05, 4.69) is 10.6 Å². The van der Waals surface area contributed by atoms with Gasteiger partial charge in [0.2, 0.25) is 0 Å². The number of carboxylic acid groups (broad SMARTS) is 1. The van der Waals surface area contributed by atoms with Gasteiger partial charge in [0.25, 0.3) is 11.6 Å². The normalized spacial score (nSPS) is 10.4. The molecule has 0 saturated heterocycles. The number of carboxylic acids is 1. The molecule has 0 aliphatic heterocycles. The van der Waals surface area contributed by atoms with E-state index in [4.69, 9.17) is 15.1 Å². The topological polar surface area (TPSA) is 155 Å². The summed E-state index contributed by atoms with van der Waals surface area (Å²) < 4.78 is 4.97. The van der Waals surface area contributed by atoms with Crippen LogP contribution in [0.15, 0.2) is 30.0 Å². The molecule has 0 spiro atoms. The molecule has 0 heterocycles. The van der Waals surface area contributed by atoms with Crippen LogP contribution < -0.4 is 15.4 Å². The number of nitriles is 1. The van der Waals surface area contributed by atoms with Gasteiger partial charge in [-0.2, -0.15) is 5.26 Å². The summed E-state index contributed by atoms with van der Waals surface area (Å²) in [6, 6.07) is 5.26. The highest BCUT2D eigenvalue weighted by Crippen LogP contribution is 2.29. The number of amides is 1. The molecular formula is C14H14N4O6. The monoisotopic (exact) mass is 334 g/mol. The lowest BCUT2D eigenvalue weighted by Gasteiger charge is -2.09. The maximum atomic E-state index is 12.0. The van der Waals surface area contributed by atoms with Crippen molar-refractivity contribution in [1.29, 1.82) is 5.26 Å². The third-order valence-corrected chi connectivity index (χ3v) is 2.74. The highest BCUT2D eigenvalue weighted by molar-refractivity contribution is 6.07. The highest BCUT2D eigenvalue weighted by atomic mass is 16.6. The van der Waals surface area contributed by atoms with E-state index in [9.17, 15) is 19.7 Å². The van der Waals surface area contributed by atoms with Crippen molar-refractivity contribution in [3.05, 3.63) is 40.1 Å². The van der Waals surface area contributed by atoms with Crippen molar-refractivity contribution < 1.29 is 24.4 Å². The summed E-state index contributed by atoms with van der Waals surface area (Å²) in [6.45, 7) is 0.0502. The van der Waals surface area contributed by atoms with Crippen LogP contribution in [0.2, 0.25) is 0 Å². The summed E-state index contributed by atoms with van der Waals surface area (Å²) in [4.78, 5) is 32.5. The highest BCUT2D eigenvalue weighted by Gasteiger charge is 2.15. The number of hydrogen-bond acceptors (Lipinski definition) is 7. The lowest BCUT2D eigenvalue weighted by atomic mass is 10.2. The number of benzene rings is 1. The molecule has 1 aromatic carbocycles. The van der Waals surface area contributed by atoms with E-state index >= 15 is 0 Å². The van der Waals surface area contributed by atoms with Crippen molar-refractivity contribution >= 4 is 23.3 Å². The smallest absolute Gasteiger partial charge is 0.305 e. The molecule has 126 valence electrons. The molecule has 0 aliphatic carbocycles. The quantitative estimate of drug-likeness (QED) is 0.209. The summed E-state index contributed by atoms with van der Waals surface area (Å²) in [5.41, 5.74) is -0.350. The maximum absolute atomic E-state index is 12.0. The first kappa shape index (κ1) is 18.4. The number of nitrogens with zero attached hydrogens (tertiary/aromatic N) is 2. The molecule has 10 heteroatoms. The first-order valence-corrected chi connectivity index (χ1v) is 6.58. The van der Waals surface area contributed by atoms with Gasteiger partial charge >= 0.3 is 5.97 Å². The Labute approximate surface area is 136 Å². The lowest BCUT2D eigenvalue weighted by Crippen LogP contribution is -2.18. The third-order valence-electron chi connectivity index (χ3n) is 2.74. The Morgan fingerprint density at radius 2 is 2.21 bits per heavy atom. The van der Waals surface area contributed by atoms with E-state index in [1.54, 1.807) is 6.07 Å². The van der Waals surface area contributed by atoms with Crippen LogP contribution in [0.1, 0.15) is 6.42 Å². The fourth-order valence-electron chi connectivity index (χ4n) is 1.59. The minimum absolute atomic E-state index is 0.0502. The Morgan fingerprint density at radius 3 is 2.75 bits per heavy atom. The first-order chi connectivity index (χ1) is 11.4. The number of methoxy groups -OCH3 is 1. The summed E-state index contributed by atoms with van der Waals surface area (Å²) in [5, 5.41) is 33.1. The molecule has 24 heavy (non-hydrogen) atoms. The van der Waals surface area contributed by atoms with Crippen LogP contribution in [-0.2, 0) is 9.59 Å². The number of hydrogen-bond donors (Lipinski definition) is 3. The van der Waals surface area contributed by atoms with E-state index in [0.29, 0.717) is 0 Å². The van der Waals surface area contributed by atoms with Gasteiger partial charge in [-0.25, -0.2) is 0 Å². The van der Waals surface area contributed by atoms with E-state index in [1.165, 1.54) is 19.2 Å². The van der Waals surface area contributed by atoms with Gasteiger partial charge in [0.1, 0.15) is 17.4 Å². The molecule has 0 unspecified atom stereocenters. The third kappa shape index (κ3) is 5.30. The van der Waals surface area contributed by atoms with Crippen molar-refractivity contribution in [3.8, 4) is 11.8 Å². The second-order valence-corrected chi connectivity index (χ2v) is 4.36. The Hall–Kier alpha value is -3.61. The number of rotatable bonds is 8. The van der Waals surface area contributed by atoms with Gasteiger partial charge in [0.05, 0.1) is 30.2 Å². The van der Waals surface area contributed by atoms with Crippen LogP contribution in [0.3, 0.4) is 0 Å². The van der Waals surface area contributed by atoms with Gasteiger partial charge in [-0.15, -0.1) is 0 Å². The standard InChI is InChI=1S/C14H14N4O6/c1-24-12-6-10(18(22)23)2-3-11(12)17-14(21)9(7-15)8-16-5-4-13(19)20/h2-3,6,8,16H,4-5H2,1H3,(H,17,21)(H,19,20)/b9-8-. The molecule has 0 bridgehead atoms. The number of aliphatic carboxylic acids is 1. The van der Waals surface area contributed by atoms with Crippen molar-refractivity contribution in [2.45, 2.75) is 6.42 Å². The van der Waals surface area contributed by atoms with Crippen LogP contribution in [0.25, 0.3) is 0 Å². The Bertz CT molecular complexity index is 722. The largest absolute Gasteiger partial charge is 0.494 e. The van der Waals surface area contributed by atoms with E-state index < -0.39 is 16.8 Å². The van der Waals surface area contributed by atoms with Gasteiger partial charge in [-0.3, -0.25) is 19.7 Å². The molecule has 1 amide bonds. The molecule has 0 radical (unpaired) electrons. The second kappa shape index (κ2) is 8.74. The van der Waals surface area contributed by atoms with Crippen molar-refractivity contribution in [2.75, 3.05) is 19.0 Å². The average Bonchev–Trinajstić information content (AvgIpc) is 2.54. The average molecular weight is 334 g/mol. The van der Waals surface area contributed by atoms with Gasteiger partial charge in [-0.1, -0.05) is 0 Å². The molecule has 0 atom stereocenters. The fourth-order valence-corrected chi connectivity index (χ4v) is 1.59. The molecule has 0 saturated carbocycles. The van der Waals surface area contributed by atoms with E-state index in [1.807, 2.05) is 0 Å². The van der Waals surface area contributed by atoms with Crippen LogP contribution in [0.4, 0.5) is 11.4 Å². The minimum Gasteiger partial charge on any atom is -0.494 e. The first-order valence-electron chi connectivity index (χ1n) is 6.58. The second-order valence-electron chi connectivity index (χ2n) is 4.36. The lowest BCUT2D eigenvalue weighted by molar-refractivity contribution is -0.384. The van der Waals surface area contributed by atoms with Crippen molar-refractivity contribution in [1.82, 2.24) is 5.32 Å². The number of anilines is 1. The van der Waals surface area contributed by atoms with Crippen LogP contribution >= 0.6 is 0 Å². The number of carbonyl (C=O) groups excluding carboxylic acids is 1. The number of nitrogens with one attached hydrogen (secondary N) is 2. The predicted molar refractivity (Wildman–Crippen MR) is 82.2 cm³/mol. The Kier molecular flexibility index (Phi) is 6.72. The number of non-ortho nitro benzene ring substituents is 1. The number of nitro benzene ring substituents is 1. The Morgan fingerprint density at radius 1 is 1.50 bits per heavy atom. The molecule has 1 aromatic rings. The van der Waals surface area contributed by atoms with E-state index in [0.717, 1.165) is 12.3 Å². The number of nitro groups is 1. The van der Waals surface area contributed by atoms with Crippen LogP contribution in [-0.4, -0.2) is 35.6 Å². The molecule has 0 aliphatic rings. The summed E-state index contributed by atoms with van der Waals surface area (Å²) in [5.74, 6) is -1.73. The van der Waals surface area contributed by atoms with Gasteiger partial charge in [0.15, 0.2) is 0 Å². The summed E-state index contributed by atoms with van der Waals surface area (Å²) in [7, 11) is 1.28. The number of carbonyl (C=O) groups is 2.